The fourth-order valence-electron chi connectivity index (χ4n) is 2.74. The van der Waals surface area contributed by atoms with Gasteiger partial charge in [-0.2, -0.15) is 5.10 Å². The van der Waals surface area contributed by atoms with E-state index in [0.29, 0.717) is 12.5 Å². The van der Waals surface area contributed by atoms with Gasteiger partial charge in [0.1, 0.15) is 0 Å². The Morgan fingerprint density at radius 2 is 2.15 bits per heavy atom. The maximum absolute atomic E-state index is 11.6. The van der Waals surface area contributed by atoms with Crippen molar-refractivity contribution < 1.29 is 8.42 Å². The van der Waals surface area contributed by atoms with Crippen LogP contribution < -0.4 is 11.3 Å². The molecule has 7 heteroatoms. The third-order valence-electron chi connectivity index (χ3n) is 4.25. The average Bonchev–Trinajstić information content (AvgIpc) is 3.04. The first kappa shape index (κ1) is 15.5. The van der Waals surface area contributed by atoms with Crippen molar-refractivity contribution >= 4 is 9.84 Å². The Hall–Kier alpha value is -0.920. The van der Waals surface area contributed by atoms with Crippen LogP contribution >= 0.6 is 0 Å². The molecule has 0 aliphatic heterocycles. The molecule has 1 aliphatic rings. The Morgan fingerprint density at radius 3 is 2.70 bits per heavy atom. The molecule has 0 spiro atoms. The van der Waals surface area contributed by atoms with Gasteiger partial charge in [0, 0.05) is 24.9 Å². The van der Waals surface area contributed by atoms with Crippen LogP contribution in [0.15, 0.2) is 12.3 Å². The second-order valence-corrected chi connectivity index (χ2v) is 8.14. The summed E-state index contributed by atoms with van der Waals surface area (Å²) >= 11 is 0. The van der Waals surface area contributed by atoms with Crippen molar-refractivity contribution in [3.63, 3.8) is 0 Å². The molecule has 1 fully saturated rings. The van der Waals surface area contributed by atoms with Crippen LogP contribution in [0, 0.1) is 0 Å². The number of rotatable bonds is 6. The van der Waals surface area contributed by atoms with Crippen molar-refractivity contribution in [2.24, 2.45) is 5.84 Å². The van der Waals surface area contributed by atoms with Gasteiger partial charge in [0.15, 0.2) is 9.84 Å². The predicted molar refractivity (Wildman–Crippen MR) is 78.9 cm³/mol. The number of hydrogen-bond acceptors (Lipinski definition) is 5. The van der Waals surface area contributed by atoms with Gasteiger partial charge >= 0.3 is 0 Å². The molecule has 1 heterocycles. The molecule has 1 aromatic heterocycles. The van der Waals surface area contributed by atoms with E-state index in [2.05, 4.69) is 10.5 Å². The lowest BCUT2D eigenvalue weighted by Gasteiger charge is -2.20. The monoisotopic (exact) mass is 300 g/mol. The molecule has 2 atom stereocenters. The van der Waals surface area contributed by atoms with Crippen molar-refractivity contribution in [3.05, 3.63) is 18.0 Å². The van der Waals surface area contributed by atoms with Crippen molar-refractivity contribution in [3.8, 4) is 0 Å². The maximum Gasteiger partial charge on any atom is 0.151 e. The minimum Gasteiger partial charge on any atom is -0.271 e. The molecule has 2 unspecified atom stereocenters. The highest BCUT2D eigenvalue weighted by atomic mass is 32.2. The predicted octanol–water partition coefficient (Wildman–Crippen LogP) is 0.806. The van der Waals surface area contributed by atoms with Gasteiger partial charge in [-0.3, -0.25) is 16.0 Å². The lowest BCUT2D eigenvalue weighted by Crippen LogP contribution is -2.47. The number of hydrogen-bond donors (Lipinski definition) is 2. The highest BCUT2D eigenvalue weighted by Crippen LogP contribution is 2.28. The molecule has 1 aliphatic carbocycles. The molecule has 0 saturated heterocycles. The zero-order valence-electron chi connectivity index (χ0n) is 12.1. The van der Waals surface area contributed by atoms with Crippen molar-refractivity contribution in [1.82, 2.24) is 15.2 Å². The van der Waals surface area contributed by atoms with Crippen LogP contribution in [-0.4, -0.2) is 35.7 Å². The van der Waals surface area contributed by atoms with Crippen molar-refractivity contribution in [2.45, 2.75) is 56.4 Å². The Morgan fingerprint density at radius 1 is 1.50 bits per heavy atom. The van der Waals surface area contributed by atoms with Gasteiger partial charge < -0.3 is 0 Å². The molecule has 1 aromatic rings. The summed E-state index contributed by atoms with van der Waals surface area (Å²) in [7, 11) is -3.12. The minimum absolute atomic E-state index is 0.322. The smallest absolute Gasteiger partial charge is 0.151 e. The van der Waals surface area contributed by atoms with Crippen LogP contribution in [0.3, 0.4) is 0 Å². The second kappa shape index (κ2) is 6.24. The number of nitrogens with one attached hydrogen (secondary N) is 1. The number of aromatic nitrogens is 2. The highest BCUT2D eigenvalue weighted by Gasteiger charge is 2.26. The first-order chi connectivity index (χ1) is 9.41. The topological polar surface area (TPSA) is 90.0 Å². The SMILES string of the molecule is CC(C(Cc1ccn(C2CCCC2)n1)NN)S(C)(=O)=O. The van der Waals surface area contributed by atoms with Gasteiger partial charge in [-0.15, -0.1) is 0 Å². The fourth-order valence-corrected chi connectivity index (χ4v) is 3.51. The summed E-state index contributed by atoms with van der Waals surface area (Å²) in [6, 6.07) is 2.13. The molecule has 0 aromatic carbocycles. The standard InChI is InChI=1S/C13H24N4O2S/c1-10(20(2,18)19)13(15-14)9-11-7-8-17(16-11)12-5-3-4-6-12/h7-8,10,12-13,15H,3-6,9,14H2,1-2H3. The van der Waals surface area contributed by atoms with E-state index in [9.17, 15) is 8.42 Å². The third-order valence-corrected chi connectivity index (χ3v) is 5.93. The summed E-state index contributed by atoms with van der Waals surface area (Å²) in [6.07, 6.45) is 8.63. The molecule has 6 nitrogen and oxygen atoms in total. The summed E-state index contributed by atoms with van der Waals surface area (Å²) in [5.74, 6) is 5.50. The number of nitrogens with two attached hydrogens (primary N) is 1. The van der Waals surface area contributed by atoms with Gasteiger partial charge in [-0.1, -0.05) is 12.8 Å². The van der Waals surface area contributed by atoms with Crippen LogP contribution in [0.4, 0.5) is 0 Å². The summed E-state index contributed by atoms with van der Waals surface area (Å²) in [4.78, 5) is 0. The minimum atomic E-state index is -3.12. The summed E-state index contributed by atoms with van der Waals surface area (Å²) < 4.78 is 25.2. The van der Waals surface area contributed by atoms with E-state index in [0.717, 1.165) is 5.69 Å². The maximum atomic E-state index is 11.6. The number of nitrogens with zero attached hydrogens (tertiary/aromatic N) is 2. The number of sulfone groups is 1. The largest absolute Gasteiger partial charge is 0.271 e. The lowest BCUT2D eigenvalue weighted by atomic mass is 10.1. The molecule has 20 heavy (non-hydrogen) atoms. The molecule has 1 saturated carbocycles. The first-order valence-corrected chi connectivity index (χ1v) is 9.06. The molecular formula is C13H24N4O2S. The Bertz CT molecular complexity index is 534. The third kappa shape index (κ3) is 3.59. The van der Waals surface area contributed by atoms with Gasteiger partial charge in [-0.05, 0) is 25.8 Å². The van der Waals surface area contributed by atoms with E-state index in [1.165, 1.54) is 31.9 Å². The highest BCUT2D eigenvalue weighted by molar-refractivity contribution is 7.91. The molecular weight excluding hydrogens is 276 g/mol. The molecule has 0 radical (unpaired) electrons. The van der Waals surface area contributed by atoms with E-state index in [1.54, 1.807) is 6.92 Å². The van der Waals surface area contributed by atoms with Gasteiger partial charge in [0.05, 0.1) is 17.0 Å². The molecule has 2 rings (SSSR count). The van der Waals surface area contributed by atoms with Crippen LogP contribution in [0.25, 0.3) is 0 Å². The second-order valence-electron chi connectivity index (χ2n) is 5.74. The van der Waals surface area contributed by atoms with Crippen molar-refractivity contribution in [2.75, 3.05) is 6.26 Å². The van der Waals surface area contributed by atoms with E-state index in [1.807, 2.05) is 16.9 Å². The van der Waals surface area contributed by atoms with Gasteiger partial charge in [0.2, 0.25) is 0 Å². The van der Waals surface area contributed by atoms with E-state index >= 15 is 0 Å². The molecule has 3 N–H and O–H groups in total. The average molecular weight is 300 g/mol. The summed E-state index contributed by atoms with van der Waals surface area (Å²) in [5.41, 5.74) is 3.49. The summed E-state index contributed by atoms with van der Waals surface area (Å²) in [5, 5.41) is 4.03. The lowest BCUT2D eigenvalue weighted by molar-refractivity contribution is 0.452. The fraction of sp³-hybridized carbons (Fsp3) is 0.769. The van der Waals surface area contributed by atoms with Crippen LogP contribution in [0.1, 0.15) is 44.3 Å². The van der Waals surface area contributed by atoms with E-state index < -0.39 is 15.1 Å². The molecule has 114 valence electrons. The molecule has 0 bridgehead atoms. The first-order valence-electron chi connectivity index (χ1n) is 7.11. The molecule has 0 amide bonds. The number of hydrazine groups is 1. The van der Waals surface area contributed by atoms with Crippen LogP contribution in [0.5, 0.6) is 0 Å². The van der Waals surface area contributed by atoms with E-state index in [4.69, 9.17) is 5.84 Å². The van der Waals surface area contributed by atoms with Crippen LogP contribution in [0.2, 0.25) is 0 Å². The van der Waals surface area contributed by atoms with Crippen molar-refractivity contribution in [1.29, 1.82) is 0 Å². The normalized spacial score (nSPS) is 20.1. The van der Waals surface area contributed by atoms with E-state index in [-0.39, 0.29) is 6.04 Å². The zero-order chi connectivity index (χ0) is 14.8. The quantitative estimate of drug-likeness (QED) is 0.599. The zero-order valence-corrected chi connectivity index (χ0v) is 12.9. The Balaban J connectivity index is 2.04. The Labute approximate surface area is 120 Å². The Kier molecular flexibility index (Phi) is 4.82. The van der Waals surface area contributed by atoms with Gasteiger partial charge in [-0.25, -0.2) is 8.42 Å². The summed E-state index contributed by atoms with van der Waals surface area (Å²) in [6.45, 7) is 1.67. The van der Waals surface area contributed by atoms with Gasteiger partial charge in [0.25, 0.3) is 0 Å². The van der Waals surface area contributed by atoms with Crippen LogP contribution in [-0.2, 0) is 16.3 Å².